The van der Waals surface area contributed by atoms with Crippen LogP contribution in [0.4, 0.5) is 0 Å². The van der Waals surface area contributed by atoms with E-state index in [9.17, 15) is 4.79 Å². The van der Waals surface area contributed by atoms with Crippen LogP contribution in [0.15, 0.2) is 36.7 Å². The summed E-state index contributed by atoms with van der Waals surface area (Å²) in [7, 11) is 0. The molecule has 0 N–H and O–H groups in total. The van der Waals surface area contributed by atoms with Crippen molar-refractivity contribution in [3.05, 3.63) is 42.2 Å². The van der Waals surface area contributed by atoms with Crippen LogP contribution in [-0.4, -0.2) is 12.6 Å². The lowest BCUT2D eigenvalue weighted by atomic mass is 10.1. The van der Waals surface area contributed by atoms with Gasteiger partial charge in [0.2, 0.25) is 0 Å². The lowest BCUT2D eigenvalue weighted by Crippen LogP contribution is -2.32. The molecule has 116 valence electrons. The van der Waals surface area contributed by atoms with Gasteiger partial charge in [0.25, 0.3) is 0 Å². The zero-order valence-corrected chi connectivity index (χ0v) is 13.4. The van der Waals surface area contributed by atoms with Crippen LogP contribution in [0.2, 0.25) is 0 Å². The van der Waals surface area contributed by atoms with E-state index in [-0.39, 0.29) is 5.97 Å². The van der Waals surface area contributed by atoms with Gasteiger partial charge in [-0.3, -0.25) is 0 Å². The number of hydrogen-bond donors (Lipinski definition) is 0. The molecular weight excluding hydrogens is 262 g/mol. The van der Waals surface area contributed by atoms with Gasteiger partial charge in [0, 0.05) is 24.1 Å². The van der Waals surface area contributed by atoms with Gasteiger partial charge in [0.1, 0.15) is 6.54 Å². The molecule has 1 heterocycles. The molecule has 0 unspecified atom stereocenters. The van der Waals surface area contributed by atoms with Crippen molar-refractivity contribution in [3.63, 3.8) is 0 Å². The molecule has 0 atom stereocenters. The van der Waals surface area contributed by atoms with Gasteiger partial charge < -0.3 is 4.74 Å². The molecule has 0 amide bonds. The maximum Gasteiger partial charge on any atom is 0.333 e. The minimum Gasteiger partial charge on any atom is -0.462 e. The van der Waals surface area contributed by atoms with E-state index in [4.69, 9.17) is 4.74 Å². The molecule has 0 aliphatic carbocycles. The number of hydrogen-bond acceptors (Lipinski definition) is 2. The van der Waals surface area contributed by atoms with E-state index in [0.29, 0.717) is 12.2 Å². The van der Waals surface area contributed by atoms with Crippen molar-refractivity contribution < 1.29 is 14.1 Å². The van der Waals surface area contributed by atoms with Crippen molar-refractivity contribution in [1.29, 1.82) is 0 Å². The van der Waals surface area contributed by atoms with E-state index in [1.807, 2.05) is 0 Å². The van der Waals surface area contributed by atoms with Crippen molar-refractivity contribution >= 4 is 5.97 Å². The van der Waals surface area contributed by atoms with Crippen LogP contribution in [0.1, 0.15) is 51.0 Å². The SMILES string of the molecule is C=C(C)C(=O)OCCCCCCCC[n+]1ccc(C)cc1. The fourth-order valence-electron chi connectivity index (χ4n) is 2.07. The number of carbonyl (C=O) groups is 1. The second-order valence-corrected chi connectivity index (χ2v) is 5.65. The first-order valence-corrected chi connectivity index (χ1v) is 7.88. The Morgan fingerprint density at radius 3 is 2.29 bits per heavy atom. The smallest absolute Gasteiger partial charge is 0.333 e. The van der Waals surface area contributed by atoms with Crippen LogP contribution in [0.3, 0.4) is 0 Å². The average molecular weight is 290 g/mol. The molecule has 3 nitrogen and oxygen atoms in total. The summed E-state index contributed by atoms with van der Waals surface area (Å²) in [5.74, 6) is -0.273. The Bertz CT molecular complexity index is 437. The van der Waals surface area contributed by atoms with Gasteiger partial charge in [-0.15, -0.1) is 0 Å². The van der Waals surface area contributed by atoms with Gasteiger partial charge in [-0.1, -0.05) is 25.8 Å². The van der Waals surface area contributed by atoms with Crippen molar-refractivity contribution in [2.24, 2.45) is 0 Å². The van der Waals surface area contributed by atoms with E-state index in [2.05, 4.69) is 42.6 Å². The first kappa shape index (κ1) is 17.4. The minimum absolute atomic E-state index is 0.273. The van der Waals surface area contributed by atoms with Gasteiger partial charge in [-0.2, -0.15) is 0 Å². The number of aromatic nitrogens is 1. The molecule has 0 spiro atoms. The molecular formula is C18H28NO2+. The molecule has 0 aliphatic heterocycles. The molecule has 1 rings (SSSR count). The van der Waals surface area contributed by atoms with Gasteiger partial charge in [0.05, 0.1) is 6.61 Å². The van der Waals surface area contributed by atoms with Gasteiger partial charge in [0.15, 0.2) is 12.4 Å². The van der Waals surface area contributed by atoms with Crippen molar-refractivity contribution in [3.8, 4) is 0 Å². The second-order valence-electron chi connectivity index (χ2n) is 5.65. The summed E-state index contributed by atoms with van der Waals surface area (Å²) >= 11 is 0. The zero-order chi connectivity index (χ0) is 15.5. The molecule has 0 saturated carbocycles. The number of esters is 1. The minimum atomic E-state index is -0.273. The van der Waals surface area contributed by atoms with Crippen LogP contribution in [0.5, 0.6) is 0 Å². The van der Waals surface area contributed by atoms with Crippen molar-refractivity contribution in [1.82, 2.24) is 0 Å². The van der Waals surface area contributed by atoms with Gasteiger partial charge in [-0.25, -0.2) is 9.36 Å². The molecule has 1 aromatic heterocycles. The molecule has 3 heteroatoms. The molecule has 0 radical (unpaired) electrons. The summed E-state index contributed by atoms with van der Waals surface area (Å²) in [6, 6.07) is 4.29. The van der Waals surface area contributed by atoms with Crippen LogP contribution >= 0.6 is 0 Å². The lowest BCUT2D eigenvalue weighted by molar-refractivity contribution is -0.697. The van der Waals surface area contributed by atoms with E-state index >= 15 is 0 Å². The first-order valence-electron chi connectivity index (χ1n) is 7.88. The fraction of sp³-hybridized carbons (Fsp3) is 0.556. The standard InChI is InChI=1S/C18H28NO2/c1-16(2)18(20)21-15-9-7-5-4-6-8-12-19-13-10-17(3)11-14-19/h10-11,13-14H,1,4-9,12,15H2,2-3H3/q+1. The second kappa shape index (κ2) is 10.1. The molecule has 0 bridgehead atoms. The van der Waals surface area contributed by atoms with Crippen LogP contribution in [-0.2, 0) is 16.1 Å². The van der Waals surface area contributed by atoms with E-state index in [0.717, 1.165) is 19.4 Å². The lowest BCUT2D eigenvalue weighted by Gasteiger charge is -2.04. The molecule has 0 aromatic carbocycles. The Morgan fingerprint density at radius 1 is 1.10 bits per heavy atom. The topological polar surface area (TPSA) is 30.2 Å². The van der Waals surface area contributed by atoms with Gasteiger partial charge >= 0.3 is 5.97 Å². The highest BCUT2D eigenvalue weighted by molar-refractivity contribution is 5.86. The largest absolute Gasteiger partial charge is 0.462 e. The summed E-state index contributed by atoms with van der Waals surface area (Å²) in [5, 5.41) is 0. The summed E-state index contributed by atoms with van der Waals surface area (Å²) in [6.45, 7) is 8.95. The predicted molar refractivity (Wildman–Crippen MR) is 84.8 cm³/mol. The summed E-state index contributed by atoms with van der Waals surface area (Å²) in [4.78, 5) is 11.1. The predicted octanol–water partition coefficient (Wildman–Crippen LogP) is 3.74. The Morgan fingerprint density at radius 2 is 1.67 bits per heavy atom. The number of nitrogens with zero attached hydrogens (tertiary/aromatic N) is 1. The van der Waals surface area contributed by atoms with Crippen LogP contribution in [0.25, 0.3) is 0 Å². The Hall–Kier alpha value is -1.64. The quantitative estimate of drug-likeness (QED) is 0.284. The molecule has 0 saturated heterocycles. The third-order valence-corrected chi connectivity index (χ3v) is 3.45. The highest BCUT2D eigenvalue weighted by atomic mass is 16.5. The monoisotopic (exact) mass is 290 g/mol. The average Bonchev–Trinajstić information content (AvgIpc) is 2.47. The van der Waals surface area contributed by atoms with Crippen molar-refractivity contribution in [2.75, 3.05) is 6.61 Å². The summed E-state index contributed by atoms with van der Waals surface area (Å²) < 4.78 is 7.30. The fourth-order valence-corrected chi connectivity index (χ4v) is 2.07. The number of aryl methyl sites for hydroxylation is 2. The zero-order valence-electron chi connectivity index (χ0n) is 13.4. The molecule has 0 fully saturated rings. The maximum atomic E-state index is 11.1. The third kappa shape index (κ3) is 8.28. The highest BCUT2D eigenvalue weighted by Gasteiger charge is 2.02. The first-order chi connectivity index (χ1) is 10.1. The molecule has 0 aliphatic rings. The summed E-state index contributed by atoms with van der Waals surface area (Å²) in [6.07, 6.45) is 11.3. The number of ether oxygens (including phenoxy) is 1. The van der Waals surface area contributed by atoms with Gasteiger partial charge in [-0.05, 0) is 32.3 Å². The number of carbonyl (C=O) groups excluding carboxylic acids is 1. The number of unbranched alkanes of at least 4 members (excludes halogenated alkanes) is 5. The Balaban J connectivity index is 1.92. The third-order valence-electron chi connectivity index (χ3n) is 3.45. The summed E-state index contributed by atoms with van der Waals surface area (Å²) in [5.41, 5.74) is 1.78. The van der Waals surface area contributed by atoms with Crippen LogP contribution in [0, 0.1) is 6.92 Å². The van der Waals surface area contributed by atoms with E-state index < -0.39 is 0 Å². The number of pyridine rings is 1. The van der Waals surface area contributed by atoms with Crippen LogP contribution < -0.4 is 4.57 Å². The van der Waals surface area contributed by atoms with E-state index in [1.165, 1.54) is 31.2 Å². The Kier molecular flexibility index (Phi) is 8.41. The molecule has 1 aromatic rings. The van der Waals surface area contributed by atoms with E-state index in [1.54, 1.807) is 6.92 Å². The maximum absolute atomic E-state index is 11.1. The van der Waals surface area contributed by atoms with Crippen molar-refractivity contribution in [2.45, 2.75) is 58.9 Å². The highest BCUT2D eigenvalue weighted by Crippen LogP contribution is 2.06. The normalized spacial score (nSPS) is 10.4. The Labute approximate surface area is 128 Å². The number of rotatable bonds is 10. The molecule has 21 heavy (non-hydrogen) atoms.